The van der Waals surface area contributed by atoms with Crippen LogP contribution in [0.5, 0.6) is 5.75 Å². The number of carbonyl (C=O) groups is 1. The molecule has 1 amide bonds. The summed E-state index contributed by atoms with van der Waals surface area (Å²) in [5, 5.41) is 9.42. The zero-order valence-electron chi connectivity index (χ0n) is 19.8. The summed E-state index contributed by atoms with van der Waals surface area (Å²) in [6.45, 7) is 2.09. The van der Waals surface area contributed by atoms with Gasteiger partial charge < -0.3 is 25.6 Å². The van der Waals surface area contributed by atoms with Crippen LogP contribution in [-0.2, 0) is 0 Å². The Balaban J connectivity index is 1.35. The highest BCUT2D eigenvalue weighted by Crippen LogP contribution is 2.26. The summed E-state index contributed by atoms with van der Waals surface area (Å²) >= 11 is 0. The second kappa shape index (κ2) is 9.84. The maximum Gasteiger partial charge on any atom is 0.328 e. The van der Waals surface area contributed by atoms with Crippen LogP contribution in [0.25, 0.3) is 11.2 Å². The number of hydrogen-bond acceptors (Lipinski definition) is 8. The Hall–Kier alpha value is -3.40. The molecule has 2 aromatic heterocycles. The van der Waals surface area contributed by atoms with Gasteiger partial charge in [-0.3, -0.25) is 0 Å². The average molecular weight is 465 g/mol. The van der Waals surface area contributed by atoms with E-state index in [1.54, 1.807) is 7.05 Å². The molecule has 1 saturated heterocycles. The zero-order valence-corrected chi connectivity index (χ0v) is 19.8. The summed E-state index contributed by atoms with van der Waals surface area (Å²) in [7, 11) is 3.92. The van der Waals surface area contributed by atoms with Gasteiger partial charge in [0.05, 0.1) is 0 Å². The van der Waals surface area contributed by atoms with Gasteiger partial charge in [-0.2, -0.15) is 9.97 Å². The third-order valence-electron chi connectivity index (χ3n) is 6.59. The van der Waals surface area contributed by atoms with Crippen LogP contribution in [0.2, 0.25) is 0 Å². The number of carbonyl (C=O) groups excluding carboxylic acids is 1. The molecule has 0 radical (unpaired) electrons. The minimum atomic E-state index is -0.213. The van der Waals surface area contributed by atoms with E-state index in [1.807, 2.05) is 24.3 Å². The second-order valence-corrected chi connectivity index (χ2v) is 9.14. The molecule has 1 aromatic carbocycles. The van der Waals surface area contributed by atoms with E-state index in [1.165, 1.54) is 10.9 Å². The lowest BCUT2D eigenvalue weighted by atomic mass is 10.1. The molecule has 1 aliphatic heterocycles. The summed E-state index contributed by atoms with van der Waals surface area (Å²) in [6, 6.07) is 7.81. The molecule has 3 N–H and O–H groups in total. The van der Waals surface area contributed by atoms with Crippen molar-refractivity contribution in [3.05, 3.63) is 30.6 Å². The van der Waals surface area contributed by atoms with E-state index in [9.17, 15) is 4.79 Å². The number of nitrogens with one attached hydrogen (secondary N) is 3. The molecular weight excluding hydrogens is 432 g/mol. The molecule has 0 atom stereocenters. The van der Waals surface area contributed by atoms with E-state index in [0.29, 0.717) is 22.9 Å². The molecule has 0 bridgehead atoms. The largest absolute Gasteiger partial charge is 0.490 e. The molecule has 180 valence electrons. The number of amides is 1. The predicted octanol–water partition coefficient (Wildman–Crippen LogP) is 3.58. The molecule has 0 spiro atoms. The average Bonchev–Trinajstić information content (AvgIpc) is 3.50. The van der Waals surface area contributed by atoms with Crippen LogP contribution in [0.4, 0.5) is 22.2 Å². The molecular formula is C24H32N8O2. The first kappa shape index (κ1) is 22.4. The van der Waals surface area contributed by atoms with E-state index in [-0.39, 0.29) is 18.2 Å². The van der Waals surface area contributed by atoms with Gasteiger partial charge in [0.2, 0.25) is 5.95 Å². The first-order valence-electron chi connectivity index (χ1n) is 12.0. The summed E-state index contributed by atoms with van der Waals surface area (Å²) in [6.07, 6.45) is 8.09. The van der Waals surface area contributed by atoms with E-state index in [0.717, 1.165) is 63.1 Å². The minimum Gasteiger partial charge on any atom is -0.490 e. The number of benzene rings is 1. The molecule has 10 nitrogen and oxygen atoms in total. The van der Waals surface area contributed by atoms with E-state index in [4.69, 9.17) is 4.74 Å². The molecule has 3 aromatic rings. The van der Waals surface area contributed by atoms with Crippen molar-refractivity contribution < 1.29 is 9.53 Å². The number of anilines is 3. The second-order valence-electron chi connectivity index (χ2n) is 9.14. The Morgan fingerprint density at radius 1 is 1.12 bits per heavy atom. The van der Waals surface area contributed by atoms with Crippen molar-refractivity contribution in [1.29, 1.82) is 0 Å². The molecule has 2 aliphatic rings. The summed E-state index contributed by atoms with van der Waals surface area (Å²) in [5.74, 6) is 1.75. The van der Waals surface area contributed by atoms with Crippen molar-refractivity contribution in [2.24, 2.45) is 0 Å². The number of fused-ring (bicyclic) bond motifs is 1. The normalized spacial score (nSPS) is 17.7. The van der Waals surface area contributed by atoms with Gasteiger partial charge in [-0.25, -0.2) is 14.3 Å². The first-order valence-corrected chi connectivity index (χ1v) is 12.0. The molecule has 5 rings (SSSR count). The molecule has 10 heteroatoms. The highest BCUT2D eigenvalue weighted by atomic mass is 16.5. The smallest absolute Gasteiger partial charge is 0.328 e. The monoisotopic (exact) mass is 464 g/mol. The molecule has 1 aliphatic carbocycles. The lowest BCUT2D eigenvalue weighted by Gasteiger charge is -2.29. The van der Waals surface area contributed by atoms with Gasteiger partial charge in [-0.05, 0) is 44.9 Å². The predicted molar refractivity (Wildman–Crippen MR) is 132 cm³/mol. The van der Waals surface area contributed by atoms with E-state index >= 15 is 0 Å². The van der Waals surface area contributed by atoms with Crippen LogP contribution >= 0.6 is 0 Å². The van der Waals surface area contributed by atoms with Crippen molar-refractivity contribution >= 4 is 34.6 Å². The van der Waals surface area contributed by atoms with Crippen LogP contribution in [-0.4, -0.2) is 69.8 Å². The van der Waals surface area contributed by atoms with Gasteiger partial charge in [-0.1, -0.05) is 18.9 Å². The van der Waals surface area contributed by atoms with Crippen LogP contribution < -0.4 is 20.7 Å². The quantitative estimate of drug-likeness (QED) is 0.508. The van der Waals surface area contributed by atoms with Crippen LogP contribution in [0.15, 0.2) is 30.6 Å². The Morgan fingerprint density at radius 3 is 2.68 bits per heavy atom. The summed E-state index contributed by atoms with van der Waals surface area (Å²) in [5.41, 5.74) is 1.82. The maximum absolute atomic E-state index is 12.9. The fraction of sp³-hybridized carbons (Fsp3) is 0.500. The Kier molecular flexibility index (Phi) is 6.48. The van der Waals surface area contributed by atoms with Crippen molar-refractivity contribution in [1.82, 2.24) is 29.7 Å². The fourth-order valence-electron chi connectivity index (χ4n) is 4.66. The highest BCUT2D eigenvalue weighted by Gasteiger charge is 2.22. The number of imidazole rings is 1. The van der Waals surface area contributed by atoms with Crippen LogP contribution in [0, 0.1) is 0 Å². The van der Waals surface area contributed by atoms with Crippen molar-refractivity contribution in [2.75, 3.05) is 37.8 Å². The maximum atomic E-state index is 12.9. The third-order valence-corrected chi connectivity index (χ3v) is 6.59. The Bertz CT molecular complexity index is 1150. The number of rotatable bonds is 6. The number of piperidine rings is 1. The molecule has 2 fully saturated rings. The van der Waals surface area contributed by atoms with Crippen molar-refractivity contribution in [2.45, 2.75) is 50.7 Å². The minimum absolute atomic E-state index is 0.209. The number of nitrogens with zero attached hydrogens (tertiary/aromatic N) is 5. The number of ether oxygens (including phenoxy) is 1. The van der Waals surface area contributed by atoms with Gasteiger partial charge in [0.15, 0.2) is 17.0 Å². The zero-order chi connectivity index (χ0) is 23.5. The summed E-state index contributed by atoms with van der Waals surface area (Å²) < 4.78 is 7.67. The third kappa shape index (κ3) is 4.91. The SMILES string of the molecule is CNc1nc(Nc2cccc(OC3CCN(C)CC3)c2)nc2c1ncn2C(=O)NC1CCCC1. The van der Waals surface area contributed by atoms with Gasteiger partial charge >= 0.3 is 6.03 Å². The standard InChI is InChI=1S/C24H32N8O2/c1-25-21-20-22(32(15-26-20)24(33)28-16-6-3-4-7-16)30-23(29-21)27-17-8-5-9-19(14-17)34-18-10-12-31(2)13-11-18/h5,8-9,14-16,18H,3-4,6-7,10-13H2,1-2H3,(H,28,33)(H2,25,27,29,30). The van der Waals surface area contributed by atoms with Gasteiger partial charge in [0.1, 0.15) is 18.2 Å². The molecule has 34 heavy (non-hydrogen) atoms. The van der Waals surface area contributed by atoms with Crippen molar-refractivity contribution in [3.8, 4) is 5.75 Å². The topological polar surface area (TPSA) is 109 Å². The molecule has 0 unspecified atom stereocenters. The number of aromatic nitrogens is 4. The Morgan fingerprint density at radius 2 is 1.91 bits per heavy atom. The van der Waals surface area contributed by atoms with Crippen LogP contribution in [0.1, 0.15) is 38.5 Å². The van der Waals surface area contributed by atoms with Crippen LogP contribution in [0.3, 0.4) is 0 Å². The van der Waals surface area contributed by atoms with E-state index < -0.39 is 0 Å². The van der Waals surface area contributed by atoms with Gasteiger partial charge in [0, 0.05) is 37.9 Å². The summed E-state index contributed by atoms with van der Waals surface area (Å²) in [4.78, 5) is 28.8. The Labute approximate surface area is 199 Å². The fourth-order valence-corrected chi connectivity index (χ4v) is 4.66. The molecule has 3 heterocycles. The number of likely N-dealkylation sites (tertiary alicyclic amines) is 1. The molecule has 1 saturated carbocycles. The first-order chi connectivity index (χ1) is 16.6. The highest BCUT2D eigenvalue weighted by molar-refractivity contribution is 5.92. The van der Waals surface area contributed by atoms with Gasteiger partial charge in [0.25, 0.3) is 0 Å². The van der Waals surface area contributed by atoms with E-state index in [2.05, 4.69) is 42.8 Å². The lowest BCUT2D eigenvalue weighted by Crippen LogP contribution is -2.35. The lowest BCUT2D eigenvalue weighted by molar-refractivity contribution is 0.114. The van der Waals surface area contributed by atoms with Crippen molar-refractivity contribution in [3.63, 3.8) is 0 Å². The number of hydrogen-bond donors (Lipinski definition) is 3. The van der Waals surface area contributed by atoms with Gasteiger partial charge in [-0.15, -0.1) is 0 Å².